The monoisotopic (exact) mass is 554 g/mol. The van der Waals surface area contributed by atoms with Crippen LogP contribution in [0.25, 0.3) is 0 Å². The van der Waals surface area contributed by atoms with Gasteiger partial charge in [-0.1, -0.05) is 28.1 Å². The Morgan fingerprint density at radius 2 is 1.85 bits per heavy atom. The standard InChI is InChI=1S/C22H27BrN4O4S2/c23-16-5-1-4-15(14-16)22(29)26-11-3-12-27(33(30,31)19-6-2-13-32-19)21(26)20(28)25-18-9-7-17(24)8-10-18/h1-2,4-6,13-14,17-18,21H,3,7-12,24H2,(H,25,28). The van der Waals surface area contributed by atoms with E-state index in [2.05, 4.69) is 21.2 Å². The number of nitrogens with zero attached hydrogens (tertiary/aromatic N) is 2. The quantitative estimate of drug-likeness (QED) is 0.590. The number of carbonyl (C=O) groups is 2. The van der Waals surface area contributed by atoms with Gasteiger partial charge in [-0.3, -0.25) is 9.59 Å². The fraction of sp³-hybridized carbons (Fsp3) is 0.455. The first-order chi connectivity index (χ1) is 15.8. The lowest BCUT2D eigenvalue weighted by Crippen LogP contribution is -2.64. The van der Waals surface area contributed by atoms with Gasteiger partial charge in [-0.05, 0) is 61.7 Å². The van der Waals surface area contributed by atoms with Crippen LogP contribution in [0.15, 0.2) is 50.5 Å². The minimum atomic E-state index is -3.95. The van der Waals surface area contributed by atoms with Gasteiger partial charge in [0.1, 0.15) is 4.21 Å². The maximum absolute atomic E-state index is 13.5. The number of carbonyl (C=O) groups excluding carboxylic acids is 2. The maximum atomic E-state index is 13.5. The molecule has 33 heavy (non-hydrogen) atoms. The molecule has 3 N–H and O–H groups in total. The molecule has 1 unspecified atom stereocenters. The summed E-state index contributed by atoms with van der Waals surface area (Å²) in [5, 5.41) is 4.69. The Hall–Kier alpha value is -1.79. The lowest BCUT2D eigenvalue weighted by atomic mass is 9.92. The van der Waals surface area contributed by atoms with Gasteiger partial charge in [0.2, 0.25) is 0 Å². The number of nitrogens with two attached hydrogens (primary N) is 1. The number of thiophene rings is 1. The number of halogens is 1. The van der Waals surface area contributed by atoms with E-state index < -0.39 is 22.1 Å². The van der Waals surface area contributed by atoms with E-state index in [1.807, 2.05) is 0 Å². The highest BCUT2D eigenvalue weighted by atomic mass is 79.9. The Kier molecular flexibility index (Phi) is 7.54. The van der Waals surface area contributed by atoms with Crippen molar-refractivity contribution in [2.45, 2.75) is 54.6 Å². The third-order valence-corrected chi connectivity index (χ3v) is 9.81. The molecule has 2 aliphatic rings. The molecule has 1 aliphatic heterocycles. The molecule has 1 aromatic carbocycles. The Morgan fingerprint density at radius 3 is 2.52 bits per heavy atom. The third-order valence-electron chi connectivity index (χ3n) is 6.09. The summed E-state index contributed by atoms with van der Waals surface area (Å²) in [6, 6.07) is 10.1. The van der Waals surface area contributed by atoms with Crippen molar-refractivity contribution in [3.8, 4) is 0 Å². The van der Waals surface area contributed by atoms with Crippen molar-refractivity contribution in [1.29, 1.82) is 0 Å². The van der Waals surface area contributed by atoms with E-state index in [1.54, 1.807) is 35.7 Å². The molecule has 2 fully saturated rings. The van der Waals surface area contributed by atoms with Gasteiger partial charge in [-0.2, -0.15) is 4.31 Å². The van der Waals surface area contributed by atoms with Crippen molar-refractivity contribution < 1.29 is 18.0 Å². The van der Waals surface area contributed by atoms with Crippen molar-refractivity contribution >= 4 is 49.1 Å². The molecule has 0 spiro atoms. The van der Waals surface area contributed by atoms with Crippen LogP contribution in [0, 0.1) is 0 Å². The topological polar surface area (TPSA) is 113 Å². The fourth-order valence-corrected chi connectivity index (χ4v) is 7.50. The molecule has 1 saturated carbocycles. The van der Waals surface area contributed by atoms with Crippen LogP contribution in [0.3, 0.4) is 0 Å². The zero-order valence-electron chi connectivity index (χ0n) is 18.0. The second-order valence-electron chi connectivity index (χ2n) is 8.40. The highest BCUT2D eigenvalue weighted by Crippen LogP contribution is 2.29. The molecule has 2 amide bonds. The smallest absolute Gasteiger partial charge is 0.259 e. The van der Waals surface area contributed by atoms with Crippen LogP contribution in [0.5, 0.6) is 0 Å². The van der Waals surface area contributed by atoms with Crippen molar-refractivity contribution in [1.82, 2.24) is 14.5 Å². The number of nitrogens with one attached hydrogen (secondary N) is 1. The molecular formula is C22H27BrN4O4S2. The van der Waals surface area contributed by atoms with E-state index in [1.165, 1.54) is 15.3 Å². The average molecular weight is 556 g/mol. The number of amides is 2. The van der Waals surface area contributed by atoms with E-state index in [4.69, 9.17) is 5.73 Å². The van der Waals surface area contributed by atoms with E-state index in [0.717, 1.165) is 41.5 Å². The SMILES string of the molecule is NC1CCC(NC(=O)C2N(C(=O)c3cccc(Br)c3)CCCN2S(=O)(=O)c2cccs2)CC1. The van der Waals surface area contributed by atoms with Crippen LogP contribution in [0.2, 0.25) is 0 Å². The second kappa shape index (κ2) is 10.2. The molecule has 1 atom stereocenters. The summed E-state index contributed by atoms with van der Waals surface area (Å²) in [6.45, 7) is 0.450. The highest BCUT2D eigenvalue weighted by molar-refractivity contribution is 9.10. The van der Waals surface area contributed by atoms with Crippen LogP contribution in [-0.2, 0) is 14.8 Å². The van der Waals surface area contributed by atoms with Crippen LogP contribution in [0.1, 0.15) is 42.5 Å². The van der Waals surface area contributed by atoms with Crippen molar-refractivity contribution in [2.24, 2.45) is 5.73 Å². The average Bonchev–Trinajstić information content (AvgIpc) is 3.35. The largest absolute Gasteiger partial charge is 0.350 e. The van der Waals surface area contributed by atoms with Crippen LogP contribution < -0.4 is 11.1 Å². The first kappa shape index (κ1) is 24.3. The fourth-order valence-electron chi connectivity index (χ4n) is 4.39. The molecular weight excluding hydrogens is 528 g/mol. The Labute approximate surface area is 206 Å². The Balaban J connectivity index is 1.67. The van der Waals surface area contributed by atoms with Gasteiger partial charge in [-0.25, -0.2) is 8.42 Å². The molecule has 1 saturated heterocycles. The number of rotatable bonds is 5. The van der Waals surface area contributed by atoms with Gasteiger partial charge in [0.25, 0.3) is 21.8 Å². The molecule has 11 heteroatoms. The molecule has 2 heterocycles. The number of sulfonamides is 1. The van der Waals surface area contributed by atoms with E-state index in [9.17, 15) is 18.0 Å². The lowest BCUT2D eigenvalue weighted by Gasteiger charge is -2.42. The zero-order chi connectivity index (χ0) is 23.6. The normalized spacial score (nSPS) is 24.4. The van der Waals surface area contributed by atoms with Crippen molar-refractivity contribution in [3.05, 3.63) is 51.8 Å². The molecule has 2 aromatic rings. The van der Waals surface area contributed by atoms with Gasteiger partial charge in [0.15, 0.2) is 6.17 Å². The van der Waals surface area contributed by atoms with E-state index in [-0.39, 0.29) is 35.3 Å². The van der Waals surface area contributed by atoms with Crippen LogP contribution >= 0.6 is 27.3 Å². The molecule has 178 valence electrons. The maximum Gasteiger partial charge on any atom is 0.259 e. The Morgan fingerprint density at radius 1 is 1.09 bits per heavy atom. The summed E-state index contributed by atoms with van der Waals surface area (Å²) in [7, 11) is -3.95. The number of benzene rings is 1. The molecule has 1 aromatic heterocycles. The van der Waals surface area contributed by atoms with Crippen molar-refractivity contribution in [2.75, 3.05) is 13.1 Å². The predicted molar refractivity (Wildman–Crippen MR) is 130 cm³/mol. The lowest BCUT2D eigenvalue weighted by molar-refractivity contribution is -0.132. The number of hydrogen-bond donors (Lipinski definition) is 2. The minimum Gasteiger partial charge on any atom is -0.350 e. The van der Waals surface area contributed by atoms with Gasteiger partial charge in [0, 0.05) is 35.2 Å². The molecule has 0 radical (unpaired) electrons. The summed E-state index contributed by atoms with van der Waals surface area (Å²) in [5.74, 6) is -0.855. The molecule has 0 bridgehead atoms. The van der Waals surface area contributed by atoms with Gasteiger partial charge < -0.3 is 16.0 Å². The summed E-state index contributed by atoms with van der Waals surface area (Å²) in [5.41, 5.74) is 6.38. The second-order valence-corrected chi connectivity index (χ2v) is 12.4. The zero-order valence-corrected chi connectivity index (χ0v) is 21.2. The third kappa shape index (κ3) is 5.32. The summed E-state index contributed by atoms with van der Waals surface area (Å²) < 4.78 is 29.0. The van der Waals surface area contributed by atoms with E-state index in [0.29, 0.717) is 12.0 Å². The molecule has 8 nitrogen and oxygen atoms in total. The van der Waals surface area contributed by atoms with Crippen LogP contribution in [0.4, 0.5) is 0 Å². The van der Waals surface area contributed by atoms with Gasteiger partial charge >= 0.3 is 0 Å². The van der Waals surface area contributed by atoms with Gasteiger partial charge in [0.05, 0.1) is 0 Å². The first-order valence-corrected chi connectivity index (χ1v) is 14.1. The summed E-state index contributed by atoms with van der Waals surface area (Å²) in [6.07, 6.45) is 2.24. The van der Waals surface area contributed by atoms with Crippen molar-refractivity contribution in [3.63, 3.8) is 0 Å². The minimum absolute atomic E-state index is 0.0895. The van der Waals surface area contributed by atoms with E-state index >= 15 is 0 Å². The Bertz CT molecular complexity index is 1100. The van der Waals surface area contributed by atoms with Gasteiger partial charge in [-0.15, -0.1) is 11.3 Å². The summed E-state index contributed by atoms with van der Waals surface area (Å²) >= 11 is 4.47. The predicted octanol–water partition coefficient (Wildman–Crippen LogP) is 2.76. The summed E-state index contributed by atoms with van der Waals surface area (Å²) in [4.78, 5) is 28.4. The number of hydrogen-bond acceptors (Lipinski definition) is 6. The van der Waals surface area contributed by atoms with Crippen LogP contribution in [-0.4, -0.2) is 60.8 Å². The highest BCUT2D eigenvalue weighted by Gasteiger charge is 2.45. The molecule has 4 rings (SSSR count). The molecule has 1 aliphatic carbocycles. The first-order valence-electron chi connectivity index (χ1n) is 10.9.